The van der Waals surface area contributed by atoms with Gasteiger partial charge in [0.05, 0.1) is 17.4 Å². The molecule has 0 aliphatic heterocycles. The second kappa shape index (κ2) is 7.54. The third-order valence-electron chi connectivity index (χ3n) is 4.79. The molecule has 4 rings (SSSR count). The first kappa shape index (κ1) is 17.2. The van der Waals surface area contributed by atoms with Crippen LogP contribution in [-0.4, -0.2) is 11.9 Å². The van der Waals surface area contributed by atoms with Gasteiger partial charge in [0, 0.05) is 11.6 Å². The first-order chi connectivity index (χ1) is 13.2. The van der Waals surface area contributed by atoms with E-state index in [1.165, 1.54) is 0 Å². The molecule has 136 valence electrons. The molecule has 4 nitrogen and oxygen atoms in total. The number of nitrogens with one attached hydrogen (secondary N) is 2. The minimum Gasteiger partial charge on any atom is -0.397 e. The molecule has 3 aromatic rings. The van der Waals surface area contributed by atoms with Crippen LogP contribution in [0.4, 0.5) is 11.4 Å². The van der Waals surface area contributed by atoms with Gasteiger partial charge in [-0.1, -0.05) is 60.7 Å². The molecule has 4 N–H and O–H groups in total. The summed E-state index contributed by atoms with van der Waals surface area (Å²) in [5.74, 6) is -0.0570. The molecule has 1 aliphatic rings. The lowest BCUT2D eigenvalue weighted by atomic mass is 9.98. The fraction of sp³-hybridized carbons (Fsp3) is 0.174. The number of carbonyl (C=O) groups is 1. The van der Waals surface area contributed by atoms with Crippen molar-refractivity contribution in [2.24, 2.45) is 0 Å². The SMILES string of the molecule is Nc1cc(C(=O)NC2CC2)ccc1NC(c1ccccc1)c1ccccc1. The lowest BCUT2D eigenvalue weighted by molar-refractivity contribution is 0.0951. The quantitative estimate of drug-likeness (QED) is 0.574. The molecular formula is C23H23N3O. The molecule has 1 saturated carbocycles. The van der Waals surface area contributed by atoms with E-state index in [1.807, 2.05) is 48.5 Å². The second-order valence-corrected chi connectivity index (χ2v) is 6.95. The van der Waals surface area contributed by atoms with Crippen molar-refractivity contribution < 1.29 is 4.79 Å². The van der Waals surface area contributed by atoms with E-state index >= 15 is 0 Å². The monoisotopic (exact) mass is 357 g/mol. The molecule has 0 bridgehead atoms. The Kier molecular flexibility index (Phi) is 4.79. The largest absolute Gasteiger partial charge is 0.397 e. The second-order valence-electron chi connectivity index (χ2n) is 6.95. The summed E-state index contributed by atoms with van der Waals surface area (Å²) in [6.45, 7) is 0. The Balaban J connectivity index is 1.60. The summed E-state index contributed by atoms with van der Waals surface area (Å²) in [4.78, 5) is 12.2. The Hall–Kier alpha value is -3.27. The summed E-state index contributed by atoms with van der Waals surface area (Å²) in [6, 6.07) is 26.3. The average molecular weight is 357 g/mol. The third-order valence-corrected chi connectivity index (χ3v) is 4.79. The predicted octanol–water partition coefficient (Wildman–Crippen LogP) is 4.36. The lowest BCUT2D eigenvalue weighted by Crippen LogP contribution is -2.25. The van der Waals surface area contributed by atoms with Crippen LogP contribution in [0, 0.1) is 0 Å². The summed E-state index contributed by atoms with van der Waals surface area (Å²) in [5, 5.41) is 6.54. The van der Waals surface area contributed by atoms with Crippen molar-refractivity contribution in [3.63, 3.8) is 0 Å². The zero-order valence-corrected chi connectivity index (χ0v) is 15.1. The first-order valence-electron chi connectivity index (χ1n) is 9.27. The maximum absolute atomic E-state index is 12.2. The summed E-state index contributed by atoms with van der Waals surface area (Å²) in [7, 11) is 0. The van der Waals surface area contributed by atoms with Gasteiger partial charge in [0.2, 0.25) is 0 Å². The van der Waals surface area contributed by atoms with Crippen LogP contribution in [0.15, 0.2) is 78.9 Å². The van der Waals surface area contributed by atoms with Gasteiger partial charge in [-0.2, -0.15) is 0 Å². The van der Waals surface area contributed by atoms with E-state index < -0.39 is 0 Å². The third kappa shape index (κ3) is 4.11. The van der Waals surface area contributed by atoms with Crippen LogP contribution in [0.1, 0.15) is 40.4 Å². The van der Waals surface area contributed by atoms with Gasteiger partial charge in [-0.05, 0) is 42.2 Å². The van der Waals surface area contributed by atoms with Crippen LogP contribution in [0.5, 0.6) is 0 Å². The Bertz CT molecular complexity index is 881. The molecule has 1 aliphatic carbocycles. The molecule has 0 saturated heterocycles. The van der Waals surface area contributed by atoms with E-state index in [4.69, 9.17) is 5.73 Å². The van der Waals surface area contributed by atoms with Gasteiger partial charge in [-0.15, -0.1) is 0 Å². The normalized spacial score (nSPS) is 13.4. The molecule has 3 aromatic carbocycles. The van der Waals surface area contributed by atoms with Gasteiger partial charge in [0.15, 0.2) is 0 Å². The van der Waals surface area contributed by atoms with Crippen molar-refractivity contribution in [3.8, 4) is 0 Å². The maximum Gasteiger partial charge on any atom is 0.251 e. The fourth-order valence-corrected chi connectivity index (χ4v) is 3.14. The first-order valence-corrected chi connectivity index (χ1v) is 9.27. The number of anilines is 2. The molecule has 4 heteroatoms. The minimum absolute atomic E-state index is 0.0270. The molecule has 0 aromatic heterocycles. The maximum atomic E-state index is 12.2. The smallest absolute Gasteiger partial charge is 0.251 e. The lowest BCUT2D eigenvalue weighted by Gasteiger charge is -2.22. The minimum atomic E-state index is -0.0570. The van der Waals surface area contributed by atoms with E-state index in [-0.39, 0.29) is 11.9 Å². The number of nitrogens with two attached hydrogens (primary N) is 1. The Morgan fingerprint density at radius 3 is 2.00 bits per heavy atom. The number of hydrogen-bond donors (Lipinski definition) is 3. The fourth-order valence-electron chi connectivity index (χ4n) is 3.14. The Labute approximate surface area is 159 Å². The molecule has 0 heterocycles. The number of rotatable bonds is 6. The molecule has 1 amide bonds. The van der Waals surface area contributed by atoms with Gasteiger partial charge < -0.3 is 16.4 Å². The summed E-state index contributed by atoms with van der Waals surface area (Å²) in [5.41, 5.74) is 10.5. The highest BCUT2D eigenvalue weighted by atomic mass is 16.1. The standard InChI is InChI=1S/C23H23N3O/c24-20-15-18(23(27)25-19-12-13-19)11-14-21(20)26-22(16-7-3-1-4-8-16)17-9-5-2-6-10-17/h1-11,14-15,19,22,26H,12-13,24H2,(H,25,27). The van der Waals surface area contributed by atoms with Gasteiger partial charge in [0.25, 0.3) is 5.91 Å². The van der Waals surface area contributed by atoms with Crippen molar-refractivity contribution in [3.05, 3.63) is 95.6 Å². The van der Waals surface area contributed by atoms with Crippen molar-refractivity contribution in [1.29, 1.82) is 0 Å². The summed E-state index contributed by atoms with van der Waals surface area (Å²) in [6.07, 6.45) is 2.13. The van der Waals surface area contributed by atoms with Crippen LogP contribution in [0.25, 0.3) is 0 Å². The van der Waals surface area contributed by atoms with Crippen LogP contribution < -0.4 is 16.4 Å². The average Bonchev–Trinajstić information content (AvgIpc) is 3.52. The van der Waals surface area contributed by atoms with E-state index in [1.54, 1.807) is 6.07 Å². The molecule has 27 heavy (non-hydrogen) atoms. The number of nitrogen functional groups attached to an aromatic ring is 1. The predicted molar refractivity (Wildman–Crippen MR) is 110 cm³/mol. The van der Waals surface area contributed by atoms with Gasteiger partial charge in [-0.25, -0.2) is 0 Å². The number of benzene rings is 3. The van der Waals surface area contributed by atoms with Crippen LogP contribution in [0.2, 0.25) is 0 Å². The highest BCUT2D eigenvalue weighted by molar-refractivity contribution is 5.96. The van der Waals surface area contributed by atoms with Crippen molar-refractivity contribution in [2.75, 3.05) is 11.1 Å². The summed E-state index contributed by atoms with van der Waals surface area (Å²) < 4.78 is 0. The molecule has 0 unspecified atom stereocenters. The van der Waals surface area contributed by atoms with Crippen molar-refractivity contribution in [1.82, 2.24) is 5.32 Å². The van der Waals surface area contributed by atoms with Crippen molar-refractivity contribution in [2.45, 2.75) is 24.9 Å². The summed E-state index contributed by atoms with van der Waals surface area (Å²) >= 11 is 0. The number of carbonyl (C=O) groups excluding carboxylic acids is 1. The molecule has 0 spiro atoms. The number of amides is 1. The molecule has 0 radical (unpaired) electrons. The molecule has 1 fully saturated rings. The van der Waals surface area contributed by atoms with Crippen LogP contribution in [-0.2, 0) is 0 Å². The zero-order valence-electron chi connectivity index (χ0n) is 15.1. The van der Waals surface area contributed by atoms with E-state index in [2.05, 4.69) is 34.9 Å². The topological polar surface area (TPSA) is 67.2 Å². The van der Waals surface area contributed by atoms with E-state index in [0.717, 1.165) is 29.7 Å². The van der Waals surface area contributed by atoms with Crippen LogP contribution in [0.3, 0.4) is 0 Å². The van der Waals surface area contributed by atoms with E-state index in [9.17, 15) is 4.79 Å². The Morgan fingerprint density at radius 1 is 0.889 bits per heavy atom. The Morgan fingerprint density at radius 2 is 1.48 bits per heavy atom. The highest BCUT2D eigenvalue weighted by Gasteiger charge is 2.24. The molecular weight excluding hydrogens is 334 g/mol. The van der Waals surface area contributed by atoms with Gasteiger partial charge in [0.1, 0.15) is 0 Å². The van der Waals surface area contributed by atoms with Crippen molar-refractivity contribution >= 4 is 17.3 Å². The van der Waals surface area contributed by atoms with Gasteiger partial charge >= 0.3 is 0 Å². The molecule has 0 atom stereocenters. The zero-order chi connectivity index (χ0) is 18.6. The van der Waals surface area contributed by atoms with Crippen LogP contribution >= 0.6 is 0 Å². The number of hydrogen-bond acceptors (Lipinski definition) is 3. The van der Waals surface area contributed by atoms with E-state index in [0.29, 0.717) is 17.3 Å². The highest BCUT2D eigenvalue weighted by Crippen LogP contribution is 2.30. The van der Waals surface area contributed by atoms with Gasteiger partial charge in [-0.3, -0.25) is 4.79 Å².